The quantitative estimate of drug-likeness (QED) is 0.705. The van der Waals surface area contributed by atoms with E-state index in [1.165, 1.54) is 12.2 Å². The van der Waals surface area contributed by atoms with Crippen molar-refractivity contribution in [1.82, 2.24) is 10.3 Å². The lowest BCUT2D eigenvalue weighted by Gasteiger charge is -2.00. The summed E-state index contributed by atoms with van der Waals surface area (Å²) >= 11 is 1.88. The number of thioether (sulfide) groups is 1. The molecular weight excluding hydrogens is 196 g/mol. The van der Waals surface area contributed by atoms with Gasteiger partial charge in [0.1, 0.15) is 5.76 Å². The largest absolute Gasteiger partial charge is 0.444 e. The van der Waals surface area contributed by atoms with Gasteiger partial charge in [-0.2, -0.15) is 11.8 Å². The van der Waals surface area contributed by atoms with Crippen LogP contribution in [-0.4, -0.2) is 23.5 Å². The Kier molecular flexibility index (Phi) is 5.71. The van der Waals surface area contributed by atoms with Gasteiger partial charge in [-0.1, -0.05) is 6.92 Å². The summed E-state index contributed by atoms with van der Waals surface area (Å²) < 4.78 is 5.46. The van der Waals surface area contributed by atoms with Gasteiger partial charge < -0.3 is 9.73 Å². The van der Waals surface area contributed by atoms with Crippen molar-refractivity contribution in [1.29, 1.82) is 0 Å². The molecule has 0 radical (unpaired) electrons. The molecule has 14 heavy (non-hydrogen) atoms. The smallest absolute Gasteiger partial charge is 0.208 e. The fraction of sp³-hybridized carbons (Fsp3) is 0.700. The Bertz CT molecular complexity index is 250. The first kappa shape index (κ1) is 11.6. The standard InChI is InChI=1S/C10H18N2OS/c1-3-9-7-12-10(13-9)8-11-5-4-6-14-2/h7,11H,3-6,8H2,1-2H3. The van der Waals surface area contributed by atoms with E-state index in [2.05, 4.69) is 23.5 Å². The van der Waals surface area contributed by atoms with Crippen LogP contribution in [0.25, 0.3) is 0 Å². The van der Waals surface area contributed by atoms with Crippen LogP contribution in [0, 0.1) is 0 Å². The minimum atomic E-state index is 0.744. The molecule has 0 saturated carbocycles. The molecule has 0 amide bonds. The van der Waals surface area contributed by atoms with Gasteiger partial charge in [-0.25, -0.2) is 4.98 Å². The number of aromatic nitrogens is 1. The third kappa shape index (κ3) is 4.15. The SMILES string of the molecule is CCc1cnc(CNCCCSC)o1. The predicted octanol–water partition coefficient (Wildman–Crippen LogP) is 2.08. The van der Waals surface area contributed by atoms with Gasteiger partial charge in [0.15, 0.2) is 0 Å². The third-order valence-corrected chi connectivity index (χ3v) is 2.63. The average molecular weight is 214 g/mol. The molecule has 1 N–H and O–H groups in total. The van der Waals surface area contributed by atoms with Crippen LogP contribution in [0.5, 0.6) is 0 Å². The van der Waals surface area contributed by atoms with Gasteiger partial charge in [-0.3, -0.25) is 0 Å². The van der Waals surface area contributed by atoms with Crippen LogP contribution in [0.1, 0.15) is 25.0 Å². The summed E-state index contributed by atoms with van der Waals surface area (Å²) in [6, 6.07) is 0. The van der Waals surface area contributed by atoms with Crippen molar-refractivity contribution in [2.45, 2.75) is 26.3 Å². The summed E-state index contributed by atoms with van der Waals surface area (Å²) in [5.74, 6) is 2.97. The van der Waals surface area contributed by atoms with Crippen molar-refractivity contribution in [2.24, 2.45) is 0 Å². The average Bonchev–Trinajstić information content (AvgIpc) is 2.65. The molecule has 0 bridgehead atoms. The molecular formula is C10H18N2OS. The van der Waals surface area contributed by atoms with Crippen molar-refractivity contribution in [3.05, 3.63) is 17.8 Å². The van der Waals surface area contributed by atoms with E-state index in [9.17, 15) is 0 Å². The number of hydrogen-bond acceptors (Lipinski definition) is 4. The molecule has 0 aliphatic heterocycles. The van der Waals surface area contributed by atoms with Crippen LogP contribution in [0.2, 0.25) is 0 Å². The van der Waals surface area contributed by atoms with Gasteiger partial charge in [-0.05, 0) is 25.0 Å². The molecule has 0 fully saturated rings. The number of nitrogens with zero attached hydrogens (tertiary/aromatic N) is 1. The van der Waals surface area contributed by atoms with E-state index in [1.807, 2.05) is 11.8 Å². The second-order valence-corrected chi connectivity index (χ2v) is 4.08. The Morgan fingerprint density at radius 1 is 1.57 bits per heavy atom. The number of hydrogen-bond donors (Lipinski definition) is 1. The van der Waals surface area contributed by atoms with Crippen molar-refractivity contribution in [3.63, 3.8) is 0 Å². The molecule has 1 heterocycles. The topological polar surface area (TPSA) is 38.1 Å². The van der Waals surface area contributed by atoms with E-state index in [-0.39, 0.29) is 0 Å². The molecule has 1 aromatic heterocycles. The highest BCUT2D eigenvalue weighted by molar-refractivity contribution is 7.98. The van der Waals surface area contributed by atoms with Gasteiger partial charge in [0, 0.05) is 6.42 Å². The first-order chi connectivity index (χ1) is 6.86. The highest BCUT2D eigenvalue weighted by atomic mass is 32.2. The third-order valence-electron chi connectivity index (χ3n) is 1.93. The molecule has 4 heteroatoms. The Balaban J connectivity index is 2.12. The molecule has 3 nitrogen and oxygen atoms in total. The molecule has 0 aliphatic carbocycles. The van der Waals surface area contributed by atoms with Crippen LogP contribution >= 0.6 is 11.8 Å². The second kappa shape index (κ2) is 6.90. The lowest BCUT2D eigenvalue weighted by molar-refractivity contribution is 0.439. The van der Waals surface area contributed by atoms with Crippen LogP contribution in [0.3, 0.4) is 0 Å². The Hall–Kier alpha value is -0.480. The Labute approximate surface area is 89.7 Å². The van der Waals surface area contributed by atoms with Gasteiger partial charge in [0.05, 0.1) is 12.7 Å². The van der Waals surface area contributed by atoms with E-state index < -0.39 is 0 Å². The molecule has 0 atom stereocenters. The summed E-state index contributed by atoms with van der Waals surface area (Å²) in [5.41, 5.74) is 0. The zero-order chi connectivity index (χ0) is 10.2. The lowest BCUT2D eigenvalue weighted by atomic mass is 10.4. The number of oxazole rings is 1. The zero-order valence-corrected chi connectivity index (χ0v) is 9.69. The fourth-order valence-corrected chi connectivity index (χ4v) is 1.56. The minimum absolute atomic E-state index is 0.744. The first-order valence-electron chi connectivity index (χ1n) is 5.00. The van der Waals surface area contributed by atoms with Crippen molar-refractivity contribution >= 4 is 11.8 Å². The molecule has 1 aromatic rings. The summed E-state index contributed by atoms with van der Waals surface area (Å²) in [7, 11) is 0. The van der Waals surface area contributed by atoms with Crippen LogP contribution < -0.4 is 5.32 Å². The van der Waals surface area contributed by atoms with Gasteiger partial charge in [0.2, 0.25) is 5.89 Å². The molecule has 0 aliphatic rings. The maximum Gasteiger partial charge on any atom is 0.208 e. The Morgan fingerprint density at radius 3 is 3.07 bits per heavy atom. The molecule has 0 spiro atoms. The number of aryl methyl sites for hydroxylation is 1. The summed E-state index contributed by atoms with van der Waals surface area (Å²) in [4.78, 5) is 4.17. The van der Waals surface area contributed by atoms with Gasteiger partial charge in [-0.15, -0.1) is 0 Å². The molecule has 0 unspecified atom stereocenters. The summed E-state index contributed by atoms with van der Waals surface area (Å²) in [6.45, 7) is 3.84. The van der Waals surface area contributed by atoms with Gasteiger partial charge >= 0.3 is 0 Å². The predicted molar refractivity (Wildman–Crippen MR) is 60.6 cm³/mol. The number of rotatable bonds is 7. The Morgan fingerprint density at radius 2 is 2.43 bits per heavy atom. The maximum atomic E-state index is 5.46. The van der Waals surface area contributed by atoms with E-state index >= 15 is 0 Å². The monoisotopic (exact) mass is 214 g/mol. The van der Waals surface area contributed by atoms with E-state index in [4.69, 9.17) is 4.42 Å². The van der Waals surface area contributed by atoms with Crippen molar-refractivity contribution < 1.29 is 4.42 Å². The normalized spacial score (nSPS) is 10.7. The minimum Gasteiger partial charge on any atom is -0.444 e. The molecule has 80 valence electrons. The lowest BCUT2D eigenvalue weighted by Crippen LogP contribution is -2.15. The highest BCUT2D eigenvalue weighted by Crippen LogP contribution is 2.03. The van der Waals surface area contributed by atoms with Crippen molar-refractivity contribution in [3.8, 4) is 0 Å². The van der Waals surface area contributed by atoms with Crippen LogP contribution in [0.4, 0.5) is 0 Å². The summed E-state index contributed by atoms with van der Waals surface area (Å²) in [5, 5.41) is 3.30. The van der Waals surface area contributed by atoms with Crippen LogP contribution in [0.15, 0.2) is 10.6 Å². The van der Waals surface area contributed by atoms with E-state index in [0.29, 0.717) is 0 Å². The van der Waals surface area contributed by atoms with Crippen LogP contribution in [-0.2, 0) is 13.0 Å². The summed E-state index contributed by atoms with van der Waals surface area (Å²) in [6.07, 6.45) is 6.04. The molecule has 1 rings (SSSR count). The molecule has 0 aromatic carbocycles. The van der Waals surface area contributed by atoms with E-state index in [0.717, 1.165) is 31.2 Å². The molecule has 0 saturated heterocycles. The van der Waals surface area contributed by atoms with Crippen molar-refractivity contribution in [2.75, 3.05) is 18.6 Å². The van der Waals surface area contributed by atoms with E-state index in [1.54, 1.807) is 6.20 Å². The highest BCUT2D eigenvalue weighted by Gasteiger charge is 2.00. The zero-order valence-electron chi connectivity index (χ0n) is 8.88. The van der Waals surface area contributed by atoms with Gasteiger partial charge in [0.25, 0.3) is 0 Å². The maximum absolute atomic E-state index is 5.46. The second-order valence-electron chi connectivity index (χ2n) is 3.10. The first-order valence-corrected chi connectivity index (χ1v) is 6.39. The fourth-order valence-electron chi connectivity index (χ4n) is 1.13. The number of nitrogens with one attached hydrogen (secondary N) is 1.